The number of hydrogen-bond acceptors (Lipinski definition) is 2. The van der Waals surface area contributed by atoms with Crippen LogP contribution >= 0.6 is 0 Å². The topological polar surface area (TPSA) is 42.1 Å². The third-order valence-electron chi connectivity index (χ3n) is 2.97. The maximum absolute atomic E-state index is 12.5. The Morgan fingerprint density at radius 2 is 2.05 bits per heavy atom. The van der Waals surface area contributed by atoms with E-state index >= 15 is 0 Å². The van der Waals surface area contributed by atoms with E-state index in [4.69, 9.17) is 4.74 Å². The normalized spacial score (nSPS) is 10.5. The van der Waals surface area contributed by atoms with Crippen molar-refractivity contribution in [1.29, 1.82) is 0 Å². The van der Waals surface area contributed by atoms with Crippen molar-refractivity contribution in [2.75, 3.05) is 6.61 Å². The highest BCUT2D eigenvalue weighted by Gasteiger charge is 2.11. The zero-order chi connectivity index (χ0) is 13.8. The molecule has 1 N–H and O–H groups in total. The van der Waals surface area contributed by atoms with Crippen LogP contribution in [-0.4, -0.2) is 11.6 Å². The Kier molecular flexibility index (Phi) is 4.05. The molecule has 100 valence electrons. The van der Waals surface area contributed by atoms with Crippen molar-refractivity contribution in [3.8, 4) is 5.88 Å². The molecule has 0 aliphatic rings. The average Bonchev–Trinajstić information content (AvgIpc) is 2.38. The van der Waals surface area contributed by atoms with Crippen molar-refractivity contribution in [1.82, 2.24) is 4.98 Å². The lowest BCUT2D eigenvalue weighted by Gasteiger charge is -2.10. The van der Waals surface area contributed by atoms with Gasteiger partial charge in [-0.15, -0.1) is 0 Å². The highest BCUT2D eigenvalue weighted by molar-refractivity contribution is 5.79. The first-order valence-electron chi connectivity index (χ1n) is 6.53. The van der Waals surface area contributed by atoms with Crippen LogP contribution in [0.15, 0.2) is 40.7 Å². The molecule has 1 aromatic heterocycles. The Morgan fingerprint density at radius 1 is 1.32 bits per heavy atom. The summed E-state index contributed by atoms with van der Waals surface area (Å²) in [6.07, 6.45) is 2.64. The molecule has 0 fully saturated rings. The van der Waals surface area contributed by atoms with Crippen LogP contribution < -0.4 is 10.2 Å². The van der Waals surface area contributed by atoms with Crippen LogP contribution in [0.25, 0.3) is 10.9 Å². The van der Waals surface area contributed by atoms with E-state index in [1.807, 2.05) is 51.1 Å². The molecule has 0 saturated heterocycles. The summed E-state index contributed by atoms with van der Waals surface area (Å²) in [5.41, 5.74) is 2.75. The van der Waals surface area contributed by atoms with Crippen molar-refractivity contribution >= 4 is 10.9 Å². The molecular weight excluding hydrogens is 238 g/mol. The van der Waals surface area contributed by atoms with E-state index < -0.39 is 0 Å². The van der Waals surface area contributed by atoms with Gasteiger partial charge < -0.3 is 9.72 Å². The molecule has 0 bridgehead atoms. The number of hydrogen-bond donors (Lipinski definition) is 1. The number of nitrogens with one attached hydrogen (secondary N) is 1. The van der Waals surface area contributed by atoms with Crippen LogP contribution in [0.5, 0.6) is 5.88 Å². The maximum atomic E-state index is 12.5. The number of pyridine rings is 1. The fourth-order valence-corrected chi connectivity index (χ4v) is 2.01. The Bertz CT molecular complexity index is 664. The summed E-state index contributed by atoms with van der Waals surface area (Å²) < 4.78 is 5.57. The first kappa shape index (κ1) is 13.4. The molecule has 3 nitrogen and oxygen atoms in total. The van der Waals surface area contributed by atoms with Crippen molar-refractivity contribution in [2.45, 2.75) is 27.2 Å². The summed E-state index contributed by atoms with van der Waals surface area (Å²) in [5, 5.41) is 0.711. The highest BCUT2D eigenvalue weighted by atomic mass is 16.5. The predicted molar refractivity (Wildman–Crippen MR) is 78.9 cm³/mol. The molecule has 0 amide bonds. The summed E-state index contributed by atoms with van der Waals surface area (Å²) in [7, 11) is 0. The average molecular weight is 257 g/mol. The van der Waals surface area contributed by atoms with E-state index in [0.29, 0.717) is 29.9 Å². The standard InChI is InChI=1S/C16H19NO2/c1-4-19-16-13(10-9-11(2)3)15(18)12-7-5-6-8-14(12)17-16/h5-9H,4,10H2,1-3H3,(H,17,18). The van der Waals surface area contributed by atoms with Gasteiger partial charge in [0.25, 0.3) is 0 Å². The van der Waals surface area contributed by atoms with Crippen LogP contribution in [0.4, 0.5) is 0 Å². The number of H-pyrrole nitrogens is 1. The van der Waals surface area contributed by atoms with Gasteiger partial charge in [0.1, 0.15) is 0 Å². The molecule has 0 radical (unpaired) electrons. The number of para-hydroxylation sites is 1. The number of fused-ring (bicyclic) bond motifs is 1. The van der Waals surface area contributed by atoms with Crippen LogP contribution in [0.2, 0.25) is 0 Å². The summed E-state index contributed by atoms with van der Waals surface area (Å²) >= 11 is 0. The number of allylic oxidation sites excluding steroid dienone is 2. The van der Waals surface area contributed by atoms with E-state index in [1.54, 1.807) is 0 Å². The lowest BCUT2D eigenvalue weighted by atomic mass is 10.1. The summed E-state index contributed by atoms with van der Waals surface area (Å²) in [6.45, 7) is 6.50. The van der Waals surface area contributed by atoms with Crippen molar-refractivity contribution < 1.29 is 4.74 Å². The van der Waals surface area contributed by atoms with Crippen molar-refractivity contribution in [2.24, 2.45) is 0 Å². The van der Waals surface area contributed by atoms with Crippen molar-refractivity contribution in [3.05, 3.63) is 51.7 Å². The lowest BCUT2D eigenvalue weighted by Crippen LogP contribution is -2.13. The third kappa shape index (κ3) is 2.87. The summed E-state index contributed by atoms with van der Waals surface area (Å²) in [6, 6.07) is 7.52. The first-order chi connectivity index (χ1) is 9.13. The molecule has 0 atom stereocenters. The van der Waals surface area contributed by atoms with Gasteiger partial charge in [-0.25, -0.2) is 0 Å². The van der Waals surface area contributed by atoms with E-state index in [-0.39, 0.29) is 5.43 Å². The Balaban J connectivity index is 2.63. The Morgan fingerprint density at radius 3 is 2.74 bits per heavy atom. The van der Waals surface area contributed by atoms with E-state index in [1.165, 1.54) is 5.57 Å². The largest absolute Gasteiger partial charge is 0.479 e. The quantitative estimate of drug-likeness (QED) is 0.852. The Hall–Kier alpha value is -2.03. The zero-order valence-corrected chi connectivity index (χ0v) is 11.6. The van der Waals surface area contributed by atoms with Crippen LogP contribution in [0, 0.1) is 0 Å². The van der Waals surface area contributed by atoms with Gasteiger partial charge >= 0.3 is 0 Å². The lowest BCUT2D eigenvalue weighted by molar-refractivity contribution is 0.324. The smallest absolute Gasteiger partial charge is 0.198 e. The van der Waals surface area contributed by atoms with Gasteiger partial charge in [-0.05, 0) is 39.3 Å². The SMILES string of the molecule is CCOc1[nH]c2ccccc2c(=O)c1CC=C(C)C. The minimum Gasteiger partial charge on any atom is -0.479 e. The maximum Gasteiger partial charge on any atom is 0.198 e. The minimum absolute atomic E-state index is 0.0512. The molecular formula is C16H19NO2. The van der Waals surface area contributed by atoms with Gasteiger partial charge in [-0.3, -0.25) is 4.79 Å². The Labute approximate surface area is 112 Å². The molecule has 3 heteroatoms. The number of benzene rings is 1. The van der Waals surface area contributed by atoms with Gasteiger partial charge in [-0.1, -0.05) is 23.8 Å². The zero-order valence-electron chi connectivity index (χ0n) is 11.6. The molecule has 19 heavy (non-hydrogen) atoms. The molecule has 0 unspecified atom stereocenters. The van der Waals surface area contributed by atoms with E-state index in [2.05, 4.69) is 4.98 Å². The molecule has 0 saturated carbocycles. The van der Waals surface area contributed by atoms with Gasteiger partial charge in [0, 0.05) is 5.39 Å². The third-order valence-corrected chi connectivity index (χ3v) is 2.97. The van der Waals surface area contributed by atoms with Gasteiger partial charge in [0.05, 0.1) is 17.7 Å². The molecule has 2 aromatic rings. The number of ether oxygens (including phenoxy) is 1. The first-order valence-corrected chi connectivity index (χ1v) is 6.53. The number of rotatable bonds is 4. The summed E-state index contributed by atoms with van der Waals surface area (Å²) in [5.74, 6) is 0.587. The molecule has 0 aliphatic heterocycles. The monoisotopic (exact) mass is 257 g/mol. The second kappa shape index (κ2) is 5.74. The van der Waals surface area contributed by atoms with Gasteiger partial charge in [-0.2, -0.15) is 0 Å². The molecule has 0 aliphatic carbocycles. The predicted octanol–water partition coefficient (Wildman–Crippen LogP) is 3.44. The van der Waals surface area contributed by atoms with Crippen LogP contribution in [0.3, 0.4) is 0 Å². The molecule has 1 heterocycles. The fourth-order valence-electron chi connectivity index (χ4n) is 2.01. The molecule has 1 aromatic carbocycles. The van der Waals surface area contributed by atoms with Gasteiger partial charge in [0.15, 0.2) is 11.3 Å². The van der Waals surface area contributed by atoms with Crippen LogP contribution in [-0.2, 0) is 6.42 Å². The second-order valence-corrected chi connectivity index (χ2v) is 4.73. The molecule has 0 spiro atoms. The van der Waals surface area contributed by atoms with Gasteiger partial charge in [0.2, 0.25) is 0 Å². The fraction of sp³-hybridized carbons (Fsp3) is 0.312. The molecule has 2 rings (SSSR count). The van der Waals surface area contributed by atoms with E-state index in [0.717, 1.165) is 5.52 Å². The summed E-state index contributed by atoms with van der Waals surface area (Å²) in [4.78, 5) is 15.7. The van der Waals surface area contributed by atoms with E-state index in [9.17, 15) is 4.79 Å². The van der Waals surface area contributed by atoms with Crippen molar-refractivity contribution in [3.63, 3.8) is 0 Å². The second-order valence-electron chi connectivity index (χ2n) is 4.73. The number of aromatic nitrogens is 1. The van der Waals surface area contributed by atoms with Crippen LogP contribution in [0.1, 0.15) is 26.3 Å². The minimum atomic E-state index is 0.0512. The number of aromatic amines is 1. The highest BCUT2D eigenvalue weighted by Crippen LogP contribution is 2.18.